The summed E-state index contributed by atoms with van der Waals surface area (Å²) in [7, 11) is 0. The van der Waals surface area contributed by atoms with Gasteiger partial charge in [-0.3, -0.25) is 0 Å². The Balaban J connectivity index is 1.17. The highest BCUT2D eigenvalue weighted by atomic mass is 15.2. The molecule has 1 atom stereocenters. The van der Waals surface area contributed by atoms with Gasteiger partial charge in [0.1, 0.15) is 0 Å². The molecule has 0 saturated heterocycles. The Labute approximate surface area is 322 Å². The zero-order valence-electron chi connectivity index (χ0n) is 30.5. The largest absolute Gasteiger partial charge is 0.310 e. The van der Waals surface area contributed by atoms with Crippen molar-refractivity contribution in [2.24, 2.45) is 0 Å². The van der Waals surface area contributed by atoms with Gasteiger partial charge in [-0.05, 0) is 90.8 Å². The number of anilines is 2. The number of allylic oxidation sites excluding steroid dienone is 3. The Hall–Kier alpha value is -6.96. The van der Waals surface area contributed by atoms with Crippen LogP contribution in [-0.4, -0.2) is 0 Å². The summed E-state index contributed by atoms with van der Waals surface area (Å²) in [5.74, 6) is 0.210. The minimum Gasteiger partial charge on any atom is -0.310 e. The molecule has 9 aromatic rings. The maximum atomic E-state index is 2.51. The molecule has 0 bridgehead atoms. The molecule has 0 aromatic heterocycles. The molecule has 0 radical (unpaired) electrons. The number of benzene rings is 9. The molecule has 0 heterocycles. The Morgan fingerprint density at radius 3 is 1.78 bits per heavy atom. The van der Waals surface area contributed by atoms with Crippen LogP contribution in [0.2, 0.25) is 0 Å². The highest BCUT2D eigenvalue weighted by Crippen LogP contribution is 2.46. The first-order valence-corrected chi connectivity index (χ1v) is 19.2. The molecule has 0 fully saturated rings. The van der Waals surface area contributed by atoms with Crippen molar-refractivity contribution >= 4 is 49.3 Å². The third kappa shape index (κ3) is 6.10. The Kier molecular flexibility index (Phi) is 8.39. The molecule has 0 aliphatic heterocycles. The van der Waals surface area contributed by atoms with Crippen LogP contribution in [0.3, 0.4) is 0 Å². The van der Waals surface area contributed by atoms with Crippen LogP contribution in [0.5, 0.6) is 0 Å². The van der Waals surface area contributed by atoms with Crippen LogP contribution in [0.25, 0.3) is 60.1 Å². The zero-order chi connectivity index (χ0) is 36.6. The number of para-hydroxylation sites is 1. The van der Waals surface area contributed by atoms with E-state index in [-0.39, 0.29) is 5.92 Å². The van der Waals surface area contributed by atoms with E-state index >= 15 is 0 Å². The first-order chi connectivity index (χ1) is 27.3. The highest BCUT2D eigenvalue weighted by molar-refractivity contribution is 6.13. The van der Waals surface area contributed by atoms with Gasteiger partial charge in [-0.25, -0.2) is 0 Å². The van der Waals surface area contributed by atoms with Gasteiger partial charge in [0.25, 0.3) is 0 Å². The van der Waals surface area contributed by atoms with Gasteiger partial charge in [-0.2, -0.15) is 0 Å². The number of fused-ring (bicyclic) bond motifs is 4. The molecule has 0 saturated carbocycles. The van der Waals surface area contributed by atoms with E-state index in [2.05, 4.69) is 223 Å². The predicted molar refractivity (Wildman–Crippen MR) is 235 cm³/mol. The van der Waals surface area contributed by atoms with Crippen LogP contribution < -0.4 is 4.90 Å². The van der Waals surface area contributed by atoms with Crippen molar-refractivity contribution in [3.05, 3.63) is 235 Å². The predicted octanol–water partition coefficient (Wildman–Crippen LogP) is 14.8. The van der Waals surface area contributed by atoms with Gasteiger partial charge in [0.05, 0.1) is 11.4 Å². The summed E-state index contributed by atoms with van der Waals surface area (Å²) < 4.78 is 0. The molecular weight excluding hydrogens is 663 g/mol. The molecule has 0 spiro atoms. The van der Waals surface area contributed by atoms with Gasteiger partial charge in [0.2, 0.25) is 0 Å². The number of hydrogen-bond acceptors (Lipinski definition) is 1. The fraction of sp³-hybridized carbons (Fsp3) is 0.0370. The van der Waals surface area contributed by atoms with Crippen molar-refractivity contribution in [3.63, 3.8) is 0 Å². The molecule has 1 aliphatic rings. The van der Waals surface area contributed by atoms with E-state index in [0.29, 0.717) is 0 Å². The second-order valence-electron chi connectivity index (χ2n) is 14.4. The van der Waals surface area contributed by atoms with Crippen LogP contribution in [0, 0.1) is 0 Å². The van der Waals surface area contributed by atoms with Crippen LogP contribution in [0.1, 0.15) is 23.5 Å². The standard InChI is InChI=1S/C54H39N/c1-3-16-39(17-4-1)48-23-13-14-26-53(48)55(46-32-29-41(30-33-46)52-36-45-21-9-10-22-47(45)50-24-11-12-25-51(50)52)54-37-44(31-34-49(54)40-18-5-2-6-19-40)43-28-27-38-15-7-8-20-42(38)35-43/h1-30,32-37,44H,31H2. The first-order valence-electron chi connectivity index (χ1n) is 19.2. The average Bonchev–Trinajstić information content (AvgIpc) is 3.27. The SMILES string of the molecule is C1=C(c2ccccc2)C(N(c2ccc(-c3cc4ccccc4c4ccccc34)cc2)c2ccccc2-c2ccccc2)=CC(c2ccc3ccccc3c2)C1. The van der Waals surface area contributed by atoms with E-state index in [1.807, 2.05) is 0 Å². The Morgan fingerprint density at radius 1 is 0.400 bits per heavy atom. The number of hydrogen-bond donors (Lipinski definition) is 0. The van der Waals surface area contributed by atoms with Gasteiger partial charge >= 0.3 is 0 Å². The second kappa shape index (κ2) is 14.1. The minimum atomic E-state index is 0.210. The smallest absolute Gasteiger partial charge is 0.0540 e. The van der Waals surface area contributed by atoms with Crippen LogP contribution in [-0.2, 0) is 0 Å². The average molecular weight is 702 g/mol. The van der Waals surface area contributed by atoms with E-state index in [1.165, 1.54) is 77.0 Å². The van der Waals surface area contributed by atoms with Gasteiger partial charge < -0.3 is 4.90 Å². The van der Waals surface area contributed by atoms with Crippen LogP contribution in [0.15, 0.2) is 224 Å². The molecule has 0 amide bonds. The molecule has 1 unspecified atom stereocenters. The fourth-order valence-corrected chi connectivity index (χ4v) is 8.47. The van der Waals surface area contributed by atoms with Gasteiger partial charge in [-0.1, -0.05) is 194 Å². The molecule has 1 aliphatic carbocycles. The Morgan fingerprint density at radius 2 is 1.00 bits per heavy atom. The normalized spacial score (nSPS) is 14.1. The highest BCUT2D eigenvalue weighted by Gasteiger charge is 2.27. The van der Waals surface area contributed by atoms with E-state index in [1.54, 1.807) is 0 Å². The minimum absolute atomic E-state index is 0.210. The Bertz CT molecular complexity index is 2880. The molecule has 10 rings (SSSR count). The van der Waals surface area contributed by atoms with Crippen molar-refractivity contribution in [1.82, 2.24) is 0 Å². The monoisotopic (exact) mass is 701 g/mol. The van der Waals surface area contributed by atoms with Crippen molar-refractivity contribution in [1.29, 1.82) is 0 Å². The topological polar surface area (TPSA) is 3.24 Å². The molecular formula is C54H39N. The van der Waals surface area contributed by atoms with E-state index in [4.69, 9.17) is 0 Å². The molecule has 1 heteroatoms. The lowest BCUT2D eigenvalue weighted by Crippen LogP contribution is -2.21. The summed E-state index contributed by atoms with van der Waals surface area (Å²) >= 11 is 0. The van der Waals surface area contributed by atoms with E-state index < -0.39 is 0 Å². The third-order valence-electron chi connectivity index (χ3n) is 11.2. The zero-order valence-corrected chi connectivity index (χ0v) is 30.5. The van der Waals surface area contributed by atoms with Crippen molar-refractivity contribution in [3.8, 4) is 22.3 Å². The van der Waals surface area contributed by atoms with Gasteiger partial charge in [0.15, 0.2) is 0 Å². The quantitative estimate of drug-likeness (QED) is 0.150. The van der Waals surface area contributed by atoms with Gasteiger partial charge in [-0.15, -0.1) is 0 Å². The lowest BCUT2D eigenvalue weighted by molar-refractivity contribution is 0.843. The lowest BCUT2D eigenvalue weighted by Gasteiger charge is -2.34. The maximum Gasteiger partial charge on any atom is 0.0540 e. The van der Waals surface area contributed by atoms with Crippen LogP contribution >= 0.6 is 0 Å². The van der Waals surface area contributed by atoms with E-state index in [9.17, 15) is 0 Å². The van der Waals surface area contributed by atoms with Crippen molar-refractivity contribution in [2.45, 2.75) is 12.3 Å². The van der Waals surface area contributed by atoms with Gasteiger partial charge in [0, 0.05) is 22.7 Å². The molecule has 0 N–H and O–H groups in total. The molecule has 55 heavy (non-hydrogen) atoms. The maximum absolute atomic E-state index is 2.51. The second-order valence-corrected chi connectivity index (χ2v) is 14.4. The summed E-state index contributed by atoms with van der Waals surface area (Å²) in [6, 6.07) is 75.2. The molecule has 1 nitrogen and oxygen atoms in total. The summed E-state index contributed by atoms with van der Waals surface area (Å²) in [6.07, 6.45) is 5.89. The fourth-order valence-electron chi connectivity index (χ4n) is 8.47. The number of nitrogens with zero attached hydrogens (tertiary/aromatic N) is 1. The summed E-state index contributed by atoms with van der Waals surface area (Å²) in [4.78, 5) is 2.50. The molecule has 260 valence electrons. The number of rotatable bonds is 7. The van der Waals surface area contributed by atoms with Crippen LogP contribution in [0.4, 0.5) is 11.4 Å². The lowest BCUT2D eigenvalue weighted by atomic mass is 9.84. The summed E-state index contributed by atoms with van der Waals surface area (Å²) in [5.41, 5.74) is 12.1. The van der Waals surface area contributed by atoms with Crippen molar-refractivity contribution in [2.75, 3.05) is 4.90 Å². The molecule has 9 aromatic carbocycles. The first kappa shape index (κ1) is 32.7. The summed E-state index contributed by atoms with van der Waals surface area (Å²) in [6.45, 7) is 0. The van der Waals surface area contributed by atoms with E-state index in [0.717, 1.165) is 17.8 Å². The van der Waals surface area contributed by atoms with Crippen molar-refractivity contribution < 1.29 is 0 Å². The third-order valence-corrected chi connectivity index (χ3v) is 11.2. The summed E-state index contributed by atoms with van der Waals surface area (Å²) in [5, 5.41) is 7.63.